The molecule has 4 nitrogen and oxygen atoms in total. The van der Waals surface area contributed by atoms with E-state index in [1.807, 2.05) is 0 Å². The number of aromatic amines is 1. The Morgan fingerprint density at radius 1 is 1.10 bits per heavy atom. The Balaban J connectivity index is 1.33. The maximum atomic E-state index is 12.8. The van der Waals surface area contributed by atoms with Gasteiger partial charge in [-0.25, -0.2) is 9.97 Å². The van der Waals surface area contributed by atoms with Crippen molar-refractivity contribution in [2.24, 2.45) is 0 Å². The van der Waals surface area contributed by atoms with E-state index in [0.29, 0.717) is 11.4 Å². The van der Waals surface area contributed by atoms with Crippen LogP contribution in [0.1, 0.15) is 27.9 Å². The molecule has 1 aliphatic rings. The Kier molecular flexibility index (Phi) is 4.78. The summed E-state index contributed by atoms with van der Waals surface area (Å²) in [4.78, 5) is 14.8. The van der Waals surface area contributed by atoms with Crippen molar-refractivity contribution in [3.63, 3.8) is 0 Å². The molecular weight excluding hydrogens is 401 g/mol. The average molecular weight is 422 g/mol. The highest BCUT2D eigenvalue weighted by molar-refractivity contribution is 5.83. The molecule has 0 saturated carbocycles. The number of fused-ring (bicyclic) bond motifs is 2. The fourth-order valence-corrected chi connectivity index (χ4v) is 4.12. The molecule has 4 aromatic rings. The summed E-state index contributed by atoms with van der Waals surface area (Å²) in [5, 5.41) is 1.25. The van der Waals surface area contributed by atoms with Crippen LogP contribution in [0, 0.1) is 6.92 Å². The van der Waals surface area contributed by atoms with E-state index in [0.717, 1.165) is 55.0 Å². The molecular formula is C24H21F3N4. The Morgan fingerprint density at radius 2 is 1.90 bits per heavy atom. The maximum Gasteiger partial charge on any atom is 0.416 e. The van der Waals surface area contributed by atoms with Gasteiger partial charge in [-0.2, -0.15) is 13.2 Å². The minimum Gasteiger partial charge on any atom is -0.361 e. The summed E-state index contributed by atoms with van der Waals surface area (Å²) in [6.07, 6.45) is 0.319. The quantitative estimate of drug-likeness (QED) is 0.474. The number of benzene rings is 2. The second-order valence-electron chi connectivity index (χ2n) is 8.06. The van der Waals surface area contributed by atoms with Crippen molar-refractivity contribution in [3.8, 4) is 11.4 Å². The molecule has 2 aromatic carbocycles. The molecule has 0 spiro atoms. The molecule has 2 aromatic heterocycles. The zero-order chi connectivity index (χ0) is 21.6. The van der Waals surface area contributed by atoms with Crippen molar-refractivity contribution < 1.29 is 13.2 Å². The van der Waals surface area contributed by atoms with E-state index in [4.69, 9.17) is 0 Å². The van der Waals surface area contributed by atoms with Crippen molar-refractivity contribution in [2.75, 3.05) is 6.54 Å². The number of aromatic nitrogens is 3. The molecule has 0 saturated heterocycles. The van der Waals surface area contributed by atoms with Gasteiger partial charge in [-0.05, 0) is 36.8 Å². The number of nitrogens with zero attached hydrogens (tertiary/aromatic N) is 3. The topological polar surface area (TPSA) is 44.8 Å². The molecule has 0 fully saturated rings. The van der Waals surface area contributed by atoms with E-state index in [9.17, 15) is 13.2 Å². The largest absolute Gasteiger partial charge is 0.416 e. The summed E-state index contributed by atoms with van der Waals surface area (Å²) in [7, 11) is 0. The number of halogens is 3. The Labute approximate surface area is 177 Å². The van der Waals surface area contributed by atoms with Gasteiger partial charge in [0.15, 0.2) is 5.82 Å². The minimum absolute atomic E-state index is 0.466. The molecule has 0 unspecified atom stereocenters. The molecule has 3 heterocycles. The summed E-state index contributed by atoms with van der Waals surface area (Å²) in [6, 6.07) is 11.4. The molecule has 7 heteroatoms. The maximum absolute atomic E-state index is 12.8. The lowest BCUT2D eigenvalue weighted by Gasteiger charge is -2.28. The highest BCUT2D eigenvalue weighted by Gasteiger charge is 2.30. The molecule has 5 rings (SSSR count). The fourth-order valence-electron chi connectivity index (χ4n) is 4.12. The van der Waals surface area contributed by atoms with Gasteiger partial charge < -0.3 is 4.98 Å². The van der Waals surface area contributed by atoms with E-state index >= 15 is 0 Å². The molecule has 158 valence electrons. The van der Waals surface area contributed by atoms with Crippen molar-refractivity contribution in [3.05, 3.63) is 82.8 Å². The van der Waals surface area contributed by atoms with Gasteiger partial charge in [0.05, 0.1) is 11.3 Å². The van der Waals surface area contributed by atoms with Crippen LogP contribution >= 0.6 is 0 Å². The lowest BCUT2D eigenvalue weighted by Crippen LogP contribution is -2.30. The van der Waals surface area contributed by atoms with Crippen LogP contribution < -0.4 is 0 Å². The minimum atomic E-state index is -4.35. The second-order valence-corrected chi connectivity index (χ2v) is 8.06. The first kappa shape index (κ1) is 19.8. The predicted molar refractivity (Wildman–Crippen MR) is 113 cm³/mol. The summed E-state index contributed by atoms with van der Waals surface area (Å²) in [6.45, 7) is 4.55. The summed E-state index contributed by atoms with van der Waals surface area (Å²) in [5.41, 5.74) is 5.60. The summed E-state index contributed by atoms with van der Waals surface area (Å²) in [5.74, 6) is 0.466. The number of alkyl halides is 3. The van der Waals surface area contributed by atoms with Crippen LogP contribution in [0.4, 0.5) is 13.2 Å². The highest BCUT2D eigenvalue weighted by Crippen LogP contribution is 2.31. The Bertz CT molecular complexity index is 1240. The molecule has 0 amide bonds. The first-order valence-electron chi connectivity index (χ1n) is 10.2. The van der Waals surface area contributed by atoms with E-state index in [2.05, 4.69) is 51.2 Å². The van der Waals surface area contributed by atoms with Crippen molar-refractivity contribution >= 4 is 10.9 Å². The number of hydrogen-bond donors (Lipinski definition) is 1. The van der Waals surface area contributed by atoms with E-state index in [1.54, 1.807) is 6.20 Å². The predicted octanol–water partition coefficient (Wildman–Crippen LogP) is 5.51. The van der Waals surface area contributed by atoms with Crippen LogP contribution in [-0.4, -0.2) is 26.4 Å². The number of hydrogen-bond acceptors (Lipinski definition) is 3. The first-order valence-corrected chi connectivity index (χ1v) is 10.2. The molecule has 0 aliphatic carbocycles. The third-order valence-corrected chi connectivity index (χ3v) is 5.80. The third-order valence-electron chi connectivity index (χ3n) is 5.80. The number of nitrogens with one attached hydrogen (secondary N) is 1. The van der Waals surface area contributed by atoms with E-state index < -0.39 is 11.7 Å². The standard InChI is InChI=1S/C24H21F3N4/c1-15-2-7-22-20(10-15)17(11-28-22)13-31-9-8-21-18(14-31)12-29-23(30-21)16-3-5-19(6-4-16)24(25,26)27/h2-7,10-12,28H,8-9,13-14H2,1H3. The summed E-state index contributed by atoms with van der Waals surface area (Å²) >= 11 is 0. The average Bonchev–Trinajstić information content (AvgIpc) is 3.14. The fraction of sp³-hybridized carbons (Fsp3) is 0.250. The van der Waals surface area contributed by atoms with Gasteiger partial charge in [0.25, 0.3) is 0 Å². The van der Waals surface area contributed by atoms with Gasteiger partial charge in [-0.3, -0.25) is 4.90 Å². The Morgan fingerprint density at radius 3 is 2.68 bits per heavy atom. The van der Waals surface area contributed by atoms with Crippen molar-refractivity contribution in [1.82, 2.24) is 19.9 Å². The zero-order valence-electron chi connectivity index (χ0n) is 17.0. The monoisotopic (exact) mass is 422 g/mol. The van der Waals surface area contributed by atoms with Crippen LogP contribution in [0.2, 0.25) is 0 Å². The van der Waals surface area contributed by atoms with Crippen molar-refractivity contribution in [1.29, 1.82) is 0 Å². The normalized spacial score (nSPS) is 14.7. The van der Waals surface area contributed by atoms with Crippen LogP contribution in [0.25, 0.3) is 22.3 Å². The highest BCUT2D eigenvalue weighted by atomic mass is 19.4. The van der Waals surface area contributed by atoms with Crippen LogP contribution in [0.3, 0.4) is 0 Å². The van der Waals surface area contributed by atoms with Gasteiger partial charge in [0, 0.05) is 60.5 Å². The van der Waals surface area contributed by atoms with Gasteiger partial charge in [0.2, 0.25) is 0 Å². The van der Waals surface area contributed by atoms with Crippen LogP contribution in [-0.2, 0) is 25.7 Å². The third kappa shape index (κ3) is 3.93. The second kappa shape index (κ2) is 7.50. The SMILES string of the molecule is Cc1ccc2[nH]cc(CN3CCc4nc(-c5ccc(C(F)(F)F)cc5)ncc4C3)c2c1. The van der Waals surface area contributed by atoms with E-state index in [1.165, 1.54) is 28.6 Å². The van der Waals surface area contributed by atoms with Crippen LogP contribution in [0.5, 0.6) is 0 Å². The molecule has 0 bridgehead atoms. The van der Waals surface area contributed by atoms with Crippen molar-refractivity contribution in [2.45, 2.75) is 32.6 Å². The molecule has 31 heavy (non-hydrogen) atoms. The smallest absolute Gasteiger partial charge is 0.361 e. The van der Waals surface area contributed by atoms with Gasteiger partial charge in [-0.1, -0.05) is 23.8 Å². The lowest BCUT2D eigenvalue weighted by atomic mass is 10.0. The van der Waals surface area contributed by atoms with Crippen LogP contribution in [0.15, 0.2) is 54.9 Å². The molecule has 0 radical (unpaired) electrons. The lowest BCUT2D eigenvalue weighted by molar-refractivity contribution is -0.137. The van der Waals surface area contributed by atoms with E-state index in [-0.39, 0.29) is 0 Å². The number of H-pyrrole nitrogens is 1. The molecule has 1 aliphatic heterocycles. The van der Waals surface area contributed by atoms with Gasteiger partial charge >= 0.3 is 6.18 Å². The molecule has 0 atom stereocenters. The zero-order valence-corrected chi connectivity index (χ0v) is 17.0. The summed E-state index contributed by atoms with van der Waals surface area (Å²) < 4.78 is 38.4. The number of rotatable bonds is 3. The molecule has 1 N–H and O–H groups in total. The van der Waals surface area contributed by atoms with Gasteiger partial charge in [0.1, 0.15) is 0 Å². The first-order chi connectivity index (χ1) is 14.9. The number of aryl methyl sites for hydroxylation is 1. The Hall–Kier alpha value is -3.19. The van der Waals surface area contributed by atoms with Gasteiger partial charge in [-0.15, -0.1) is 0 Å².